The van der Waals surface area contributed by atoms with Gasteiger partial charge in [-0.3, -0.25) is 4.79 Å². The molecular weight excluding hydrogens is 316 g/mol. The molecule has 0 amide bonds. The van der Waals surface area contributed by atoms with Crippen molar-refractivity contribution in [2.24, 2.45) is 0 Å². The molecule has 0 saturated carbocycles. The summed E-state index contributed by atoms with van der Waals surface area (Å²) in [7, 11) is 1.60. The topological polar surface area (TPSA) is 59.7 Å². The minimum absolute atomic E-state index is 0.108. The summed E-state index contributed by atoms with van der Waals surface area (Å²) >= 11 is 0. The van der Waals surface area contributed by atoms with Crippen molar-refractivity contribution in [1.82, 2.24) is 0 Å². The average Bonchev–Trinajstić information content (AvgIpc) is 2.59. The summed E-state index contributed by atoms with van der Waals surface area (Å²) in [6.07, 6.45) is 1.59. The second-order valence-corrected chi connectivity index (χ2v) is 6.14. The molecule has 0 fully saturated rings. The van der Waals surface area contributed by atoms with E-state index in [0.29, 0.717) is 22.5 Å². The number of benzene rings is 2. The number of ether oxygens (including phenoxy) is 1. The van der Waals surface area contributed by atoms with Crippen LogP contribution in [0.3, 0.4) is 0 Å². The second kappa shape index (κ2) is 6.85. The summed E-state index contributed by atoms with van der Waals surface area (Å²) in [5, 5.41) is 9.93. The zero-order chi connectivity index (χ0) is 18.0. The number of phenolic OH excluding ortho intramolecular Hbond substituents is 1. The molecule has 0 saturated heterocycles. The lowest BCUT2D eigenvalue weighted by atomic mass is 10.0. The van der Waals surface area contributed by atoms with E-state index in [1.54, 1.807) is 37.4 Å². The van der Waals surface area contributed by atoms with Crippen LogP contribution in [0.25, 0.3) is 22.3 Å². The van der Waals surface area contributed by atoms with Crippen molar-refractivity contribution >= 4 is 11.0 Å². The van der Waals surface area contributed by atoms with Crippen molar-refractivity contribution in [3.8, 4) is 22.8 Å². The molecule has 3 aromatic rings. The molecule has 4 nitrogen and oxygen atoms in total. The molecule has 3 rings (SSSR count). The largest absolute Gasteiger partial charge is 0.508 e. The lowest BCUT2D eigenvalue weighted by Gasteiger charge is -2.11. The second-order valence-electron chi connectivity index (χ2n) is 6.14. The first-order valence-electron chi connectivity index (χ1n) is 8.06. The fourth-order valence-corrected chi connectivity index (χ4v) is 2.73. The lowest BCUT2D eigenvalue weighted by Crippen LogP contribution is -2.03. The maximum atomic E-state index is 12.6. The standard InChI is InChI=1S/C21H20O4/c1-13(2)4-5-15-10-17-18(23)11-20(14-6-8-16(22)9-7-14)25-21(17)12-19(15)24-3/h6-12,22H,1,4-5H2,2-3H3. The maximum Gasteiger partial charge on any atom is 0.193 e. The van der Waals surface area contributed by atoms with Gasteiger partial charge in [0.2, 0.25) is 0 Å². The number of aryl methyl sites for hydroxylation is 1. The van der Waals surface area contributed by atoms with E-state index in [-0.39, 0.29) is 11.2 Å². The van der Waals surface area contributed by atoms with Gasteiger partial charge in [0.25, 0.3) is 0 Å². The van der Waals surface area contributed by atoms with Gasteiger partial charge in [0.15, 0.2) is 5.43 Å². The fraction of sp³-hybridized carbons (Fsp3) is 0.190. The molecular formula is C21H20O4. The molecule has 0 unspecified atom stereocenters. The number of methoxy groups -OCH3 is 1. The predicted molar refractivity (Wildman–Crippen MR) is 99.3 cm³/mol. The minimum Gasteiger partial charge on any atom is -0.508 e. The van der Waals surface area contributed by atoms with E-state index in [9.17, 15) is 9.90 Å². The zero-order valence-corrected chi connectivity index (χ0v) is 14.3. The normalized spacial score (nSPS) is 10.8. The van der Waals surface area contributed by atoms with Gasteiger partial charge in [0, 0.05) is 17.7 Å². The molecule has 25 heavy (non-hydrogen) atoms. The first kappa shape index (κ1) is 16.8. The Labute approximate surface area is 146 Å². The van der Waals surface area contributed by atoms with Crippen LogP contribution in [0.4, 0.5) is 0 Å². The Morgan fingerprint density at radius 2 is 1.92 bits per heavy atom. The maximum absolute atomic E-state index is 12.6. The molecule has 0 bridgehead atoms. The van der Waals surface area contributed by atoms with Crippen LogP contribution in [0, 0.1) is 0 Å². The summed E-state index contributed by atoms with van der Waals surface area (Å²) in [6, 6.07) is 11.6. The SMILES string of the molecule is C=C(C)CCc1cc2c(=O)cc(-c3ccc(O)cc3)oc2cc1OC. The summed E-state index contributed by atoms with van der Waals surface area (Å²) in [6.45, 7) is 5.90. The molecule has 1 heterocycles. The van der Waals surface area contributed by atoms with E-state index in [4.69, 9.17) is 9.15 Å². The third-order valence-corrected chi connectivity index (χ3v) is 4.10. The van der Waals surface area contributed by atoms with E-state index >= 15 is 0 Å². The number of rotatable bonds is 5. The van der Waals surface area contributed by atoms with Gasteiger partial charge in [-0.2, -0.15) is 0 Å². The number of aromatic hydroxyl groups is 1. The van der Waals surface area contributed by atoms with Gasteiger partial charge >= 0.3 is 0 Å². The van der Waals surface area contributed by atoms with E-state index in [1.165, 1.54) is 6.07 Å². The highest BCUT2D eigenvalue weighted by Gasteiger charge is 2.12. The Hall–Kier alpha value is -3.01. The number of fused-ring (bicyclic) bond motifs is 1. The molecule has 0 spiro atoms. The van der Waals surface area contributed by atoms with Crippen LogP contribution < -0.4 is 10.2 Å². The smallest absolute Gasteiger partial charge is 0.193 e. The number of phenols is 1. The number of hydrogen-bond acceptors (Lipinski definition) is 4. The molecule has 4 heteroatoms. The minimum atomic E-state index is -0.108. The van der Waals surface area contributed by atoms with E-state index in [2.05, 4.69) is 6.58 Å². The van der Waals surface area contributed by atoms with Crippen molar-refractivity contribution in [3.05, 3.63) is 70.4 Å². The highest BCUT2D eigenvalue weighted by atomic mass is 16.5. The van der Waals surface area contributed by atoms with Gasteiger partial charge in [-0.05, 0) is 55.7 Å². The van der Waals surface area contributed by atoms with Crippen LogP contribution >= 0.6 is 0 Å². The first-order chi connectivity index (χ1) is 12.0. The fourth-order valence-electron chi connectivity index (χ4n) is 2.73. The number of allylic oxidation sites excluding steroid dienone is 1. The predicted octanol–water partition coefficient (Wildman–Crippen LogP) is 4.68. The Morgan fingerprint density at radius 1 is 1.20 bits per heavy atom. The molecule has 0 atom stereocenters. The molecule has 0 aliphatic carbocycles. The summed E-state index contributed by atoms with van der Waals surface area (Å²) in [5.74, 6) is 1.31. The van der Waals surface area contributed by atoms with E-state index < -0.39 is 0 Å². The van der Waals surface area contributed by atoms with E-state index in [1.807, 2.05) is 13.0 Å². The Balaban J connectivity index is 2.11. The van der Waals surface area contributed by atoms with E-state index in [0.717, 1.165) is 29.5 Å². The van der Waals surface area contributed by atoms with Crippen molar-refractivity contribution < 1.29 is 14.3 Å². The molecule has 128 valence electrons. The van der Waals surface area contributed by atoms with Crippen LogP contribution in [0.5, 0.6) is 11.5 Å². The highest BCUT2D eigenvalue weighted by molar-refractivity contribution is 5.81. The summed E-state index contributed by atoms with van der Waals surface area (Å²) in [4.78, 5) is 12.6. The Kier molecular flexibility index (Phi) is 4.61. The van der Waals surface area contributed by atoms with Crippen LogP contribution in [0.15, 0.2) is 63.8 Å². The van der Waals surface area contributed by atoms with Crippen LogP contribution in [-0.2, 0) is 6.42 Å². The monoisotopic (exact) mass is 336 g/mol. The van der Waals surface area contributed by atoms with Crippen molar-refractivity contribution in [1.29, 1.82) is 0 Å². The first-order valence-corrected chi connectivity index (χ1v) is 8.06. The van der Waals surface area contributed by atoms with Gasteiger partial charge < -0.3 is 14.3 Å². The van der Waals surface area contributed by atoms with Crippen LogP contribution in [0.1, 0.15) is 18.9 Å². The number of hydrogen-bond donors (Lipinski definition) is 1. The molecule has 1 N–H and O–H groups in total. The molecule has 0 radical (unpaired) electrons. The zero-order valence-electron chi connectivity index (χ0n) is 14.3. The van der Waals surface area contributed by atoms with Gasteiger partial charge in [-0.15, -0.1) is 6.58 Å². The molecule has 2 aromatic carbocycles. The Bertz CT molecular complexity index is 981. The van der Waals surface area contributed by atoms with Crippen LogP contribution in [-0.4, -0.2) is 12.2 Å². The van der Waals surface area contributed by atoms with Gasteiger partial charge in [0.05, 0.1) is 12.5 Å². The third-order valence-electron chi connectivity index (χ3n) is 4.10. The van der Waals surface area contributed by atoms with Crippen molar-refractivity contribution in [2.45, 2.75) is 19.8 Å². The quantitative estimate of drug-likeness (QED) is 0.687. The van der Waals surface area contributed by atoms with Gasteiger partial charge in [-0.25, -0.2) is 0 Å². The van der Waals surface area contributed by atoms with Crippen molar-refractivity contribution in [3.63, 3.8) is 0 Å². The summed E-state index contributed by atoms with van der Waals surface area (Å²) < 4.78 is 11.4. The molecule has 1 aromatic heterocycles. The van der Waals surface area contributed by atoms with Gasteiger partial charge in [0.1, 0.15) is 22.8 Å². The summed E-state index contributed by atoms with van der Waals surface area (Å²) in [5.41, 5.74) is 3.14. The third kappa shape index (κ3) is 3.58. The van der Waals surface area contributed by atoms with Crippen molar-refractivity contribution in [2.75, 3.05) is 7.11 Å². The highest BCUT2D eigenvalue weighted by Crippen LogP contribution is 2.29. The molecule has 0 aliphatic rings. The van der Waals surface area contributed by atoms with Gasteiger partial charge in [-0.1, -0.05) is 5.57 Å². The lowest BCUT2D eigenvalue weighted by molar-refractivity contribution is 0.409. The van der Waals surface area contributed by atoms with Crippen LogP contribution in [0.2, 0.25) is 0 Å². The molecule has 0 aliphatic heterocycles. The average molecular weight is 336 g/mol. The Morgan fingerprint density at radius 3 is 2.56 bits per heavy atom.